The number of carbonyl (C=O) groups is 3. The lowest BCUT2D eigenvalue weighted by molar-refractivity contribution is -0.141. The van der Waals surface area contributed by atoms with Crippen molar-refractivity contribution in [2.24, 2.45) is 0 Å². The Bertz CT molecular complexity index is 594. The molecule has 1 heterocycles. The Balaban J connectivity index is 1.85. The van der Waals surface area contributed by atoms with Crippen LogP contribution in [0.5, 0.6) is 0 Å². The summed E-state index contributed by atoms with van der Waals surface area (Å²) in [5.41, 5.74) is 0.434. The lowest BCUT2D eigenvalue weighted by Gasteiger charge is -2.31. The molecule has 0 radical (unpaired) electrons. The second-order valence-corrected chi connectivity index (χ2v) is 6.66. The Hall–Kier alpha value is -1.73. The fraction of sp³-hybridized carbons (Fsp3) is 0.400. The molecule has 1 aliphatic rings. The highest BCUT2D eigenvalue weighted by Crippen LogP contribution is 2.19. The van der Waals surface area contributed by atoms with Crippen molar-refractivity contribution in [2.45, 2.75) is 5.25 Å². The number of ether oxygens (including phenoxy) is 1. The van der Waals surface area contributed by atoms with Crippen LogP contribution in [0.15, 0.2) is 24.3 Å². The first kappa shape index (κ1) is 17.6. The van der Waals surface area contributed by atoms with E-state index in [1.807, 2.05) is 0 Å². The predicted octanol–water partition coefficient (Wildman–Crippen LogP) is 1.19. The zero-order chi connectivity index (χ0) is 16.8. The van der Waals surface area contributed by atoms with Crippen LogP contribution in [0.4, 0.5) is 0 Å². The molecule has 1 saturated heterocycles. The van der Waals surface area contributed by atoms with E-state index in [1.54, 1.807) is 29.2 Å². The van der Waals surface area contributed by atoms with Gasteiger partial charge in [-0.15, -0.1) is 11.8 Å². The maximum atomic E-state index is 12.2. The molecular formula is C15H17ClN2O4S. The number of nitrogens with one attached hydrogen (secondary N) is 1. The van der Waals surface area contributed by atoms with Gasteiger partial charge in [-0.05, 0) is 24.3 Å². The predicted molar refractivity (Wildman–Crippen MR) is 88.6 cm³/mol. The largest absolute Gasteiger partial charge is 0.468 e. The van der Waals surface area contributed by atoms with Gasteiger partial charge in [0.1, 0.15) is 5.25 Å². The fourth-order valence-electron chi connectivity index (χ4n) is 2.12. The van der Waals surface area contributed by atoms with Gasteiger partial charge in [-0.25, -0.2) is 0 Å². The van der Waals surface area contributed by atoms with Crippen LogP contribution in [-0.4, -0.2) is 60.4 Å². The molecule has 0 unspecified atom stereocenters. The van der Waals surface area contributed by atoms with Gasteiger partial charge in [0.2, 0.25) is 5.91 Å². The molecular weight excluding hydrogens is 340 g/mol. The van der Waals surface area contributed by atoms with E-state index in [0.717, 1.165) is 0 Å². The van der Waals surface area contributed by atoms with E-state index in [1.165, 1.54) is 18.9 Å². The Morgan fingerprint density at radius 1 is 1.35 bits per heavy atom. The van der Waals surface area contributed by atoms with Gasteiger partial charge in [-0.3, -0.25) is 14.4 Å². The topological polar surface area (TPSA) is 75.7 Å². The summed E-state index contributed by atoms with van der Waals surface area (Å²) in [4.78, 5) is 37.3. The van der Waals surface area contributed by atoms with Crippen LogP contribution in [0.25, 0.3) is 0 Å². The number of esters is 1. The van der Waals surface area contributed by atoms with E-state index in [9.17, 15) is 14.4 Å². The lowest BCUT2D eigenvalue weighted by Crippen LogP contribution is -2.48. The summed E-state index contributed by atoms with van der Waals surface area (Å²) >= 11 is 7.24. The first-order valence-electron chi connectivity index (χ1n) is 7.02. The monoisotopic (exact) mass is 356 g/mol. The molecule has 23 heavy (non-hydrogen) atoms. The molecule has 1 fully saturated rings. The molecule has 1 N–H and O–H groups in total. The van der Waals surface area contributed by atoms with E-state index in [4.69, 9.17) is 16.3 Å². The minimum absolute atomic E-state index is 0.111. The molecule has 0 saturated carbocycles. The number of methoxy groups -OCH3 is 1. The number of hydrogen-bond acceptors (Lipinski definition) is 5. The van der Waals surface area contributed by atoms with Crippen LogP contribution in [-0.2, 0) is 14.3 Å². The smallest absolute Gasteiger partial charge is 0.320 e. The zero-order valence-electron chi connectivity index (χ0n) is 12.6. The number of benzene rings is 1. The zero-order valence-corrected chi connectivity index (χ0v) is 14.2. The second kappa shape index (κ2) is 8.21. The van der Waals surface area contributed by atoms with Crippen LogP contribution in [0.2, 0.25) is 5.02 Å². The highest BCUT2D eigenvalue weighted by molar-refractivity contribution is 8.00. The average Bonchev–Trinajstić information content (AvgIpc) is 2.59. The molecule has 0 aliphatic carbocycles. The second-order valence-electron chi connectivity index (χ2n) is 4.91. The molecule has 0 aromatic heterocycles. The van der Waals surface area contributed by atoms with Crippen molar-refractivity contribution in [3.8, 4) is 0 Å². The summed E-state index contributed by atoms with van der Waals surface area (Å²) < 4.78 is 4.71. The van der Waals surface area contributed by atoms with Gasteiger partial charge in [0.25, 0.3) is 5.91 Å². The molecule has 2 amide bonds. The number of nitrogens with zero attached hydrogens (tertiary/aromatic N) is 1. The number of halogens is 1. The van der Waals surface area contributed by atoms with Gasteiger partial charge in [0.15, 0.2) is 0 Å². The maximum Gasteiger partial charge on any atom is 0.320 e. The first-order chi connectivity index (χ1) is 11.0. The van der Waals surface area contributed by atoms with E-state index >= 15 is 0 Å². The molecule has 1 aromatic carbocycles. The lowest BCUT2D eigenvalue weighted by atomic mass is 10.2. The summed E-state index contributed by atoms with van der Waals surface area (Å²) in [6, 6.07) is 6.40. The summed E-state index contributed by atoms with van der Waals surface area (Å²) in [7, 11) is 1.33. The fourth-order valence-corrected chi connectivity index (χ4v) is 3.37. The van der Waals surface area contributed by atoms with Gasteiger partial charge < -0.3 is 15.0 Å². The Kier molecular flexibility index (Phi) is 6.29. The molecule has 1 aliphatic heterocycles. The molecule has 6 nitrogen and oxygen atoms in total. The molecule has 0 bridgehead atoms. The van der Waals surface area contributed by atoms with Crippen LogP contribution >= 0.6 is 23.4 Å². The average molecular weight is 357 g/mol. The maximum absolute atomic E-state index is 12.2. The van der Waals surface area contributed by atoms with Crippen LogP contribution < -0.4 is 5.32 Å². The molecule has 0 spiro atoms. The minimum Gasteiger partial charge on any atom is -0.468 e. The van der Waals surface area contributed by atoms with Crippen molar-refractivity contribution >= 4 is 41.1 Å². The van der Waals surface area contributed by atoms with Gasteiger partial charge in [0, 0.05) is 29.4 Å². The highest BCUT2D eigenvalue weighted by atomic mass is 35.5. The number of amides is 2. The normalized spacial score (nSPS) is 17.5. The third-order valence-corrected chi connectivity index (χ3v) is 4.80. The number of rotatable bonds is 4. The van der Waals surface area contributed by atoms with Crippen molar-refractivity contribution in [1.82, 2.24) is 10.2 Å². The van der Waals surface area contributed by atoms with E-state index in [0.29, 0.717) is 29.4 Å². The number of carbonyl (C=O) groups excluding carboxylic acids is 3. The third-order valence-electron chi connectivity index (χ3n) is 3.39. The molecule has 8 heteroatoms. The van der Waals surface area contributed by atoms with E-state index in [-0.39, 0.29) is 29.6 Å². The molecule has 1 aromatic rings. The minimum atomic E-state index is -0.371. The van der Waals surface area contributed by atoms with Crippen molar-refractivity contribution in [2.75, 3.05) is 32.5 Å². The van der Waals surface area contributed by atoms with Crippen LogP contribution in [0, 0.1) is 0 Å². The Morgan fingerprint density at radius 3 is 2.70 bits per heavy atom. The molecule has 2 rings (SSSR count). The highest BCUT2D eigenvalue weighted by Gasteiger charge is 2.29. The number of thioether (sulfide) groups is 1. The van der Waals surface area contributed by atoms with Gasteiger partial charge in [0.05, 0.1) is 13.7 Å². The van der Waals surface area contributed by atoms with E-state index < -0.39 is 0 Å². The SMILES string of the molecule is COC(=O)[C@@H]1CN(C(=O)CNC(=O)c2ccc(Cl)cc2)CCS1. The van der Waals surface area contributed by atoms with Crippen molar-refractivity contribution in [1.29, 1.82) is 0 Å². The Labute approximate surface area is 143 Å². The van der Waals surface area contributed by atoms with Crippen LogP contribution in [0.1, 0.15) is 10.4 Å². The van der Waals surface area contributed by atoms with Gasteiger partial charge in [-0.1, -0.05) is 11.6 Å². The Morgan fingerprint density at radius 2 is 2.04 bits per heavy atom. The van der Waals surface area contributed by atoms with Crippen molar-refractivity contribution < 1.29 is 19.1 Å². The van der Waals surface area contributed by atoms with Gasteiger partial charge >= 0.3 is 5.97 Å². The summed E-state index contributed by atoms with van der Waals surface area (Å²) in [5, 5.41) is 2.75. The molecule has 124 valence electrons. The van der Waals surface area contributed by atoms with Crippen molar-refractivity contribution in [3.05, 3.63) is 34.9 Å². The summed E-state index contributed by atoms with van der Waals surface area (Å²) in [6.07, 6.45) is 0. The van der Waals surface area contributed by atoms with Crippen molar-refractivity contribution in [3.63, 3.8) is 0 Å². The van der Waals surface area contributed by atoms with Crippen LogP contribution in [0.3, 0.4) is 0 Å². The standard InChI is InChI=1S/C15H17ClN2O4S/c1-22-15(21)12-9-18(6-7-23-12)13(19)8-17-14(20)10-2-4-11(16)5-3-10/h2-5,12H,6-9H2,1H3,(H,17,20)/t12-/m0/s1. The summed E-state index contributed by atoms with van der Waals surface area (Å²) in [6.45, 7) is 0.737. The summed E-state index contributed by atoms with van der Waals surface area (Å²) in [5.74, 6) is -0.235. The third kappa shape index (κ3) is 4.87. The quantitative estimate of drug-likeness (QED) is 0.820. The molecule has 1 atom stereocenters. The number of hydrogen-bond donors (Lipinski definition) is 1. The first-order valence-corrected chi connectivity index (χ1v) is 8.45. The van der Waals surface area contributed by atoms with Gasteiger partial charge in [-0.2, -0.15) is 0 Å². The van der Waals surface area contributed by atoms with E-state index in [2.05, 4.69) is 5.32 Å².